The molecule has 0 aromatic heterocycles. The van der Waals surface area contributed by atoms with Crippen molar-refractivity contribution in [1.29, 1.82) is 0 Å². The van der Waals surface area contributed by atoms with E-state index in [-0.39, 0.29) is 5.54 Å². The monoisotopic (exact) mass is 240 g/mol. The third kappa shape index (κ3) is 3.96. The van der Waals surface area contributed by atoms with E-state index in [2.05, 4.69) is 58.7 Å². The Morgan fingerprint density at radius 3 is 2.12 bits per heavy atom. The van der Waals surface area contributed by atoms with Gasteiger partial charge in [0.2, 0.25) is 0 Å². The van der Waals surface area contributed by atoms with Gasteiger partial charge in [-0.25, -0.2) is 0 Å². The Balaban J connectivity index is 2.80. The largest absolute Gasteiger partial charge is 0.311 e. The Hall–Kier alpha value is -0.0800. The third-order valence-corrected chi connectivity index (χ3v) is 3.89. The van der Waals surface area contributed by atoms with Crippen molar-refractivity contribution in [3.63, 3.8) is 0 Å². The van der Waals surface area contributed by atoms with E-state index in [0.29, 0.717) is 17.5 Å². The van der Waals surface area contributed by atoms with Crippen LogP contribution in [0, 0.1) is 5.41 Å². The molecule has 0 radical (unpaired) electrons. The number of rotatable bonds is 2. The summed E-state index contributed by atoms with van der Waals surface area (Å²) in [6, 6.07) is 1.31. The van der Waals surface area contributed by atoms with Crippen molar-refractivity contribution < 1.29 is 0 Å². The number of hydrogen-bond donors (Lipinski definition) is 1. The molecule has 2 heteroatoms. The number of piperazine rings is 1. The maximum absolute atomic E-state index is 3.74. The van der Waals surface area contributed by atoms with Crippen LogP contribution in [-0.4, -0.2) is 35.6 Å². The molecule has 0 saturated carbocycles. The fourth-order valence-corrected chi connectivity index (χ4v) is 2.87. The second-order valence-electron chi connectivity index (χ2n) is 7.60. The summed E-state index contributed by atoms with van der Waals surface area (Å²) in [5.74, 6) is 0. The van der Waals surface area contributed by atoms with E-state index in [1.54, 1.807) is 0 Å². The molecule has 1 saturated heterocycles. The average Bonchev–Trinajstić information content (AvgIpc) is 2.15. The number of nitrogens with one attached hydrogen (secondary N) is 1. The molecular formula is C15H32N2. The van der Waals surface area contributed by atoms with E-state index in [0.717, 1.165) is 6.54 Å². The molecule has 0 aliphatic carbocycles. The highest BCUT2D eigenvalue weighted by Gasteiger charge is 2.39. The van der Waals surface area contributed by atoms with Crippen LogP contribution >= 0.6 is 0 Å². The molecule has 1 rings (SSSR count). The van der Waals surface area contributed by atoms with Crippen molar-refractivity contribution in [2.75, 3.05) is 13.1 Å². The van der Waals surface area contributed by atoms with Crippen LogP contribution in [0.4, 0.5) is 0 Å². The molecular weight excluding hydrogens is 208 g/mol. The molecule has 2 nitrogen and oxygen atoms in total. The molecule has 0 spiro atoms. The van der Waals surface area contributed by atoms with Crippen LogP contribution in [0.15, 0.2) is 0 Å². The first-order valence-electron chi connectivity index (χ1n) is 7.16. The zero-order valence-electron chi connectivity index (χ0n) is 12.9. The smallest absolute Gasteiger partial charge is 0.0275 e. The quantitative estimate of drug-likeness (QED) is 0.797. The summed E-state index contributed by atoms with van der Waals surface area (Å²) in [6.07, 6.45) is 2.57. The number of hydrogen-bond acceptors (Lipinski definition) is 2. The summed E-state index contributed by atoms with van der Waals surface area (Å²) in [4.78, 5) is 2.71. The Kier molecular flexibility index (Phi) is 4.65. The maximum Gasteiger partial charge on any atom is 0.0275 e. The van der Waals surface area contributed by atoms with E-state index in [4.69, 9.17) is 0 Å². The minimum absolute atomic E-state index is 0.270. The van der Waals surface area contributed by atoms with Crippen LogP contribution in [-0.2, 0) is 0 Å². The summed E-state index contributed by atoms with van der Waals surface area (Å²) in [5, 5.41) is 3.74. The van der Waals surface area contributed by atoms with Gasteiger partial charge in [-0.2, -0.15) is 0 Å². The maximum atomic E-state index is 3.74. The van der Waals surface area contributed by atoms with Gasteiger partial charge in [-0.05, 0) is 32.6 Å². The molecule has 1 aliphatic heterocycles. The van der Waals surface area contributed by atoms with Crippen molar-refractivity contribution in [2.45, 2.75) is 78.9 Å². The molecule has 102 valence electrons. The minimum atomic E-state index is 0.270. The molecule has 1 N–H and O–H groups in total. The van der Waals surface area contributed by atoms with Gasteiger partial charge in [-0.15, -0.1) is 0 Å². The lowest BCUT2D eigenvalue weighted by Crippen LogP contribution is -2.65. The van der Waals surface area contributed by atoms with Gasteiger partial charge in [0.1, 0.15) is 0 Å². The molecule has 0 amide bonds. The predicted molar refractivity (Wildman–Crippen MR) is 76.4 cm³/mol. The lowest BCUT2D eigenvalue weighted by atomic mass is 9.81. The van der Waals surface area contributed by atoms with Crippen molar-refractivity contribution in [3.05, 3.63) is 0 Å². The normalized spacial score (nSPS) is 28.4. The van der Waals surface area contributed by atoms with Crippen LogP contribution < -0.4 is 5.32 Å². The fraction of sp³-hybridized carbons (Fsp3) is 1.00. The summed E-state index contributed by atoms with van der Waals surface area (Å²) in [7, 11) is 0. The second-order valence-corrected chi connectivity index (χ2v) is 7.60. The Morgan fingerprint density at radius 1 is 1.12 bits per heavy atom. The standard InChI is InChI=1S/C15H32N2/c1-8-9-12-11-17(15(5,6)7)13(10-16-12)14(2,3)4/h12-13,16H,8-11H2,1-7H3. The van der Waals surface area contributed by atoms with E-state index in [1.807, 2.05) is 0 Å². The SMILES string of the molecule is CCCC1CN(C(C)(C)C)C(C(C)(C)C)CN1. The van der Waals surface area contributed by atoms with Gasteiger partial charge in [0.15, 0.2) is 0 Å². The van der Waals surface area contributed by atoms with Gasteiger partial charge >= 0.3 is 0 Å². The first kappa shape index (κ1) is 15.0. The van der Waals surface area contributed by atoms with Gasteiger partial charge in [-0.1, -0.05) is 34.1 Å². The zero-order chi connectivity index (χ0) is 13.3. The van der Waals surface area contributed by atoms with E-state index < -0.39 is 0 Å². The van der Waals surface area contributed by atoms with Crippen LogP contribution in [0.2, 0.25) is 0 Å². The van der Waals surface area contributed by atoms with Crippen molar-refractivity contribution in [2.24, 2.45) is 5.41 Å². The Morgan fingerprint density at radius 2 is 1.71 bits per heavy atom. The lowest BCUT2D eigenvalue weighted by molar-refractivity contribution is -0.0112. The topological polar surface area (TPSA) is 15.3 Å². The minimum Gasteiger partial charge on any atom is -0.311 e. The second kappa shape index (κ2) is 5.27. The van der Waals surface area contributed by atoms with Crippen LogP contribution in [0.3, 0.4) is 0 Å². The molecule has 2 atom stereocenters. The van der Waals surface area contributed by atoms with E-state index in [1.165, 1.54) is 19.4 Å². The Bertz CT molecular complexity index is 234. The highest BCUT2D eigenvalue weighted by molar-refractivity contribution is 4.97. The van der Waals surface area contributed by atoms with Crippen molar-refractivity contribution in [1.82, 2.24) is 10.2 Å². The van der Waals surface area contributed by atoms with Crippen LogP contribution in [0.25, 0.3) is 0 Å². The average molecular weight is 240 g/mol. The highest BCUT2D eigenvalue weighted by Crippen LogP contribution is 2.31. The molecule has 1 heterocycles. The van der Waals surface area contributed by atoms with Crippen LogP contribution in [0.1, 0.15) is 61.3 Å². The third-order valence-electron chi connectivity index (χ3n) is 3.89. The van der Waals surface area contributed by atoms with Crippen LogP contribution in [0.5, 0.6) is 0 Å². The molecule has 2 unspecified atom stereocenters. The van der Waals surface area contributed by atoms with Gasteiger partial charge in [0.25, 0.3) is 0 Å². The van der Waals surface area contributed by atoms with E-state index in [9.17, 15) is 0 Å². The molecule has 0 aromatic carbocycles. The zero-order valence-corrected chi connectivity index (χ0v) is 12.9. The van der Waals surface area contributed by atoms with Gasteiger partial charge in [-0.3, -0.25) is 4.90 Å². The summed E-state index contributed by atoms with van der Waals surface area (Å²) in [6.45, 7) is 18.7. The van der Waals surface area contributed by atoms with Crippen molar-refractivity contribution >= 4 is 0 Å². The first-order valence-corrected chi connectivity index (χ1v) is 7.16. The molecule has 0 aromatic rings. The summed E-state index contributed by atoms with van der Waals surface area (Å²) >= 11 is 0. The van der Waals surface area contributed by atoms with Gasteiger partial charge in [0, 0.05) is 30.7 Å². The molecule has 17 heavy (non-hydrogen) atoms. The molecule has 1 aliphatic rings. The fourth-order valence-electron chi connectivity index (χ4n) is 2.87. The Labute approximate surface area is 108 Å². The highest BCUT2D eigenvalue weighted by atomic mass is 15.3. The van der Waals surface area contributed by atoms with Gasteiger partial charge < -0.3 is 5.32 Å². The van der Waals surface area contributed by atoms with Gasteiger partial charge in [0.05, 0.1) is 0 Å². The first-order chi connectivity index (χ1) is 7.66. The predicted octanol–water partition coefficient (Wildman–Crippen LogP) is 3.27. The van der Waals surface area contributed by atoms with Crippen molar-refractivity contribution in [3.8, 4) is 0 Å². The summed E-state index contributed by atoms with van der Waals surface area (Å²) in [5.41, 5.74) is 0.615. The van der Waals surface area contributed by atoms with E-state index >= 15 is 0 Å². The summed E-state index contributed by atoms with van der Waals surface area (Å²) < 4.78 is 0. The number of nitrogens with zero attached hydrogens (tertiary/aromatic N) is 1. The molecule has 0 bridgehead atoms. The lowest BCUT2D eigenvalue weighted by Gasteiger charge is -2.52. The molecule has 1 fully saturated rings.